The number of aromatic nitrogens is 1. The molecule has 1 N–H and O–H groups in total. The molecule has 0 saturated carbocycles. The summed E-state index contributed by atoms with van der Waals surface area (Å²) >= 11 is 0. The second kappa shape index (κ2) is 7.53. The van der Waals surface area contributed by atoms with Crippen LogP contribution in [0.4, 0.5) is 0 Å². The molecule has 1 fully saturated rings. The summed E-state index contributed by atoms with van der Waals surface area (Å²) in [5.74, 6) is 0. The number of nitrogens with one attached hydrogen (secondary N) is 1. The Labute approximate surface area is 182 Å². The Bertz CT molecular complexity index is 1200. The Hall–Kier alpha value is -3.14. The number of benzene rings is 2. The maximum Gasteiger partial charge on any atom is 0.494 e. The lowest BCUT2D eigenvalue weighted by molar-refractivity contribution is 0.00578. The van der Waals surface area contributed by atoms with Crippen LogP contribution in [0.2, 0.25) is 0 Å². The zero-order valence-electron chi connectivity index (χ0n) is 18.4. The minimum absolute atomic E-state index is 0.130. The van der Waals surface area contributed by atoms with Crippen molar-refractivity contribution in [2.45, 2.75) is 45.8 Å². The van der Waals surface area contributed by atoms with Gasteiger partial charge < -0.3 is 14.3 Å². The zero-order chi connectivity index (χ0) is 22.4. The third-order valence-corrected chi connectivity index (χ3v) is 6.25. The first-order chi connectivity index (χ1) is 14.6. The number of nitriles is 1. The van der Waals surface area contributed by atoms with Crippen LogP contribution in [0.5, 0.6) is 0 Å². The molecule has 6 heteroatoms. The van der Waals surface area contributed by atoms with Gasteiger partial charge in [0.25, 0.3) is 5.56 Å². The topological polar surface area (TPSA) is 75.1 Å². The fourth-order valence-electron chi connectivity index (χ4n) is 3.68. The Balaban J connectivity index is 1.59. The molecule has 0 amide bonds. The van der Waals surface area contributed by atoms with E-state index in [0.717, 1.165) is 27.8 Å². The molecule has 31 heavy (non-hydrogen) atoms. The lowest BCUT2D eigenvalue weighted by Gasteiger charge is -2.32. The first kappa shape index (κ1) is 21.1. The number of aryl methyl sites for hydroxylation is 1. The monoisotopic (exact) mass is 412 g/mol. The van der Waals surface area contributed by atoms with E-state index in [0.29, 0.717) is 5.56 Å². The second-order valence-corrected chi connectivity index (χ2v) is 8.97. The van der Waals surface area contributed by atoms with Crippen molar-refractivity contribution in [3.8, 4) is 28.3 Å². The Morgan fingerprint density at radius 2 is 1.35 bits per heavy atom. The van der Waals surface area contributed by atoms with Gasteiger partial charge in [0, 0.05) is 11.3 Å². The molecule has 1 aromatic heterocycles. The zero-order valence-corrected chi connectivity index (χ0v) is 18.4. The molecular formula is C25H25BN2O3. The van der Waals surface area contributed by atoms with Crippen molar-refractivity contribution in [3.05, 3.63) is 76.2 Å². The van der Waals surface area contributed by atoms with Crippen molar-refractivity contribution in [3.63, 3.8) is 0 Å². The molecule has 2 heterocycles. The molecule has 5 nitrogen and oxygen atoms in total. The Morgan fingerprint density at radius 3 is 1.87 bits per heavy atom. The van der Waals surface area contributed by atoms with Crippen LogP contribution < -0.4 is 11.0 Å². The van der Waals surface area contributed by atoms with Crippen LogP contribution in [0.25, 0.3) is 22.3 Å². The molecule has 0 bridgehead atoms. The largest absolute Gasteiger partial charge is 0.494 e. The van der Waals surface area contributed by atoms with E-state index in [2.05, 4.69) is 4.98 Å². The maximum absolute atomic E-state index is 12.1. The number of hydrogen-bond donors (Lipinski definition) is 1. The van der Waals surface area contributed by atoms with Gasteiger partial charge in [0.15, 0.2) is 0 Å². The maximum atomic E-state index is 12.1. The standard InChI is InChI=1S/C25H25BN2O3/c1-16-14-21(22(15-27)23(29)28-16)19-8-6-17(7-9-19)18-10-12-20(13-11-18)26-30-24(2,3)25(4,5)31-26/h6-14H,1-5H3,(H,28,29). The van der Waals surface area contributed by atoms with E-state index in [4.69, 9.17) is 9.31 Å². The first-order valence-electron chi connectivity index (χ1n) is 10.3. The molecule has 156 valence electrons. The van der Waals surface area contributed by atoms with E-state index in [1.807, 2.05) is 95.3 Å². The van der Waals surface area contributed by atoms with E-state index < -0.39 is 0 Å². The molecule has 0 aliphatic carbocycles. The lowest BCUT2D eigenvalue weighted by Crippen LogP contribution is -2.41. The van der Waals surface area contributed by atoms with Gasteiger partial charge in [0.05, 0.1) is 11.2 Å². The van der Waals surface area contributed by atoms with Gasteiger partial charge in [-0.3, -0.25) is 4.79 Å². The summed E-state index contributed by atoms with van der Waals surface area (Å²) in [6.45, 7) is 9.98. The Morgan fingerprint density at radius 1 is 0.871 bits per heavy atom. The molecule has 3 aromatic rings. The molecule has 1 saturated heterocycles. The molecule has 2 aromatic carbocycles. The second-order valence-electron chi connectivity index (χ2n) is 8.97. The number of nitrogens with zero attached hydrogens (tertiary/aromatic N) is 1. The van der Waals surface area contributed by atoms with Crippen molar-refractivity contribution < 1.29 is 9.31 Å². The van der Waals surface area contributed by atoms with E-state index in [9.17, 15) is 10.1 Å². The highest BCUT2D eigenvalue weighted by atomic mass is 16.7. The third kappa shape index (κ3) is 3.83. The summed E-state index contributed by atoms with van der Waals surface area (Å²) < 4.78 is 12.2. The van der Waals surface area contributed by atoms with Crippen LogP contribution in [0.3, 0.4) is 0 Å². The average molecular weight is 412 g/mol. The first-order valence-corrected chi connectivity index (χ1v) is 10.3. The van der Waals surface area contributed by atoms with Gasteiger partial charge in [-0.05, 0) is 62.8 Å². The van der Waals surface area contributed by atoms with E-state index in [1.165, 1.54) is 0 Å². The number of pyridine rings is 1. The van der Waals surface area contributed by atoms with Gasteiger partial charge >= 0.3 is 7.12 Å². The van der Waals surface area contributed by atoms with E-state index in [-0.39, 0.29) is 29.4 Å². The average Bonchev–Trinajstić information content (AvgIpc) is 2.95. The SMILES string of the molecule is Cc1cc(-c2ccc(-c3ccc(B4OC(C)(C)C(C)(C)O4)cc3)cc2)c(C#N)c(=O)[nH]1. The van der Waals surface area contributed by atoms with Crippen molar-refractivity contribution in [1.29, 1.82) is 5.26 Å². The highest BCUT2D eigenvalue weighted by Gasteiger charge is 2.51. The number of H-pyrrole nitrogens is 1. The summed E-state index contributed by atoms with van der Waals surface area (Å²) in [7, 11) is -0.384. The predicted octanol–water partition coefficient (Wildman–Crippen LogP) is 4.19. The summed E-state index contributed by atoms with van der Waals surface area (Å²) in [4.78, 5) is 14.8. The molecule has 1 aliphatic rings. The third-order valence-electron chi connectivity index (χ3n) is 6.25. The van der Waals surface area contributed by atoms with Gasteiger partial charge in [-0.15, -0.1) is 0 Å². The van der Waals surface area contributed by atoms with E-state index in [1.54, 1.807) is 0 Å². The fourth-order valence-corrected chi connectivity index (χ4v) is 3.68. The van der Waals surface area contributed by atoms with Crippen LogP contribution in [-0.2, 0) is 9.31 Å². The minimum atomic E-state index is -0.384. The molecule has 0 unspecified atom stereocenters. The molecule has 1 aliphatic heterocycles. The summed E-state index contributed by atoms with van der Waals surface area (Å²) in [5, 5.41) is 9.37. The van der Waals surface area contributed by atoms with Crippen LogP contribution in [-0.4, -0.2) is 23.3 Å². The minimum Gasteiger partial charge on any atom is -0.399 e. The Kier molecular flexibility index (Phi) is 5.13. The van der Waals surface area contributed by atoms with Gasteiger partial charge in [-0.25, -0.2) is 0 Å². The van der Waals surface area contributed by atoms with Crippen LogP contribution in [0.1, 0.15) is 39.0 Å². The van der Waals surface area contributed by atoms with Gasteiger partial charge in [-0.1, -0.05) is 48.5 Å². The highest BCUT2D eigenvalue weighted by molar-refractivity contribution is 6.62. The summed E-state index contributed by atoms with van der Waals surface area (Å²) in [6, 6.07) is 19.9. The quantitative estimate of drug-likeness (QED) is 0.655. The van der Waals surface area contributed by atoms with Crippen LogP contribution >= 0.6 is 0 Å². The molecule has 0 atom stereocenters. The summed E-state index contributed by atoms with van der Waals surface area (Å²) in [6.07, 6.45) is 0. The van der Waals surface area contributed by atoms with Crippen LogP contribution in [0, 0.1) is 18.3 Å². The molecule has 4 rings (SSSR count). The smallest absolute Gasteiger partial charge is 0.399 e. The number of rotatable bonds is 3. The van der Waals surface area contributed by atoms with E-state index >= 15 is 0 Å². The van der Waals surface area contributed by atoms with Gasteiger partial charge in [0.2, 0.25) is 0 Å². The molecule has 0 spiro atoms. The molecular weight excluding hydrogens is 387 g/mol. The van der Waals surface area contributed by atoms with Gasteiger partial charge in [-0.2, -0.15) is 5.26 Å². The van der Waals surface area contributed by atoms with Crippen molar-refractivity contribution in [2.24, 2.45) is 0 Å². The molecule has 0 radical (unpaired) electrons. The summed E-state index contributed by atoms with van der Waals surface area (Å²) in [5.41, 5.74) is 4.33. The number of hydrogen-bond acceptors (Lipinski definition) is 4. The van der Waals surface area contributed by atoms with Crippen molar-refractivity contribution in [2.75, 3.05) is 0 Å². The van der Waals surface area contributed by atoms with Gasteiger partial charge in [0.1, 0.15) is 11.6 Å². The highest BCUT2D eigenvalue weighted by Crippen LogP contribution is 2.36. The predicted molar refractivity (Wildman–Crippen MR) is 123 cm³/mol. The fraction of sp³-hybridized carbons (Fsp3) is 0.280. The number of aromatic amines is 1. The lowest BCUT2D eigenvalue weighted by atomic mass is 9.78. The normalized spacial score (nSPS) is 16.8. The van der Waals surface area contributed by atoms with Crippen molar-refractivity contribution >= 4 is 12.6 Å². The van der Waals surface area contributed by atoms with Crippen LogP contribution in [0.15, 0.2) is 59.4 Å². The van der Waals surface area contributed by atoms with Crippen molar-refractivity contribution in [1.82, 2.24) is 4.98 Å².